The van der Waals surface area contributed by atoms with E-state index in [4.69, 9.17) is 23.2 Å². The number of rotatable bonds is 3. The number of hydrogen-bond donors (Lipinski definition) is 1. The Hall–Kier alpha value is -1.88. The molecular weight excluding hydrogens is 531 g/mol. The first kappa shape index (κ1) is 28.4. The molecule has 1 heterocycles. The Morgan fingerprint density at radius 3 is 2.18 bits per heavy atom. The number of urea groups is 1. The number of benzene rings is 2. The zero-order chi connectivity index (χ0) is 24.6. The van der Waals surface area contributed by atoms with Crippen molar-refractivity contribution in [1.29, 1.82) is 0 Å². The highest BCUT2D eigenvalue weighted by atomic mass is 35.5. The van der Waals surface area contributed by atoms with Gasteiger partial charge in [-0.1, -0.05) is 29.3 Å². The molecule has 1 atom stereocenters. The first-order chi connectivity index (χ1) is 15.3. The van der Waals surface area contributed by atoms with Crippen LogP contribution in [0.2, 0.25) is 10.0 Å². The van der Waals surface area contributed by atoms with Crippen LogP contribution in [0.3, 0.4) is 0 Å². The Bertz CT molecular complexity index is 1000. The van der Waals surface area contributed by atoms with Crippen molar-refractivity contribution in [3.8, 4) is 0 Å². The van der Waals surface area contributed by atoms with E-state index in [0.717, 1.165) is 4.90 Å². The molecule has 2 aromatic carbocycles. The third-order valence-electron chi connectivity index (χ3n) is 5.20. The molecule has 13 heteroatoms. The molecule has 4 nitrogen and oxygen atoms in total. The van der Waals surface area contributed by atoms with E-state index in [1.165, 1.54) is 18.0 Å². The monoisotopic (exact) mass is 549 g/mol. The third-order valence-corrected chi connectivity index (χ3v) is 5.77. The van der Waals surface area contributed by atoms with E-state index in [1.54, 1.807) is 12.1 Å². The van der Waals surface area contributed by atoms with Gasteiger partial charge in [0, 0.05) is 43.3 Å². The summed E-state index contributed by atoms with van der Waals surface area (Å²) in [5.74, 6) is 0. The zero-order valence-electron chi connectivity index (χ0n) is 17.6. The van der Waals surface area contributed by atoms with Crippen molar-refractivity contribution in [1.82, 2.24) is 15.1 Å². The van der Waals surface area contributed by atoms with E-state index in [9.17, 15) is 31.1 Å². The minimum atomic E-state index is -4.96. The molecule has 188 valence electrons. The minimum Gasteiger partial charge on any atom is -0.323 e. The van der Waals surface area contributed by atoms with Gasteiger partial charge < -0.3 is 15.1 Å². The van der Waals surface area contributed by atoms with Crippen molar-refractivity contribution in [2.24, 2.45) is 0 Å². The predicted octanol–water partition coefficient (Wildman–Crippen LogP) is 6.65. The molecule has 1 unspecified atom stereocenters. The molecule has 0 spiro atoms. The zero-order valence-corrected chi connectivity index (χ0v) is 19.9. The molecule has 1 aliphatic heterocycles. The van der Waals surface area contributed by atoms with Gasteiger partial charge in [0.2, 0.25) is 0 Å². The van der Waals surface area contributed by atoms with Crippen LogP contribution >= 0.6 is 35.6 Å². The van der Waals surface area contributed by atoms with Gasteiger partial charge in [-0.25, -0.2) is 4.79 Å². The van der Waals surface area contributed by atoms with Gasteiger partial charge in [0.05, 0.1) is 17.2 Å². The molecule has 2 amide bonds. The summed E-state index contributed by atoms with van der Waals surface area (Å²) >= 11 is 12.2. The number of carbonyl (C=O) groups is 1. The highest BCUT2D eigenvalue weighted by Crippen LogP contribution is 2.37. The molecule has 34 heavy (non-hydrogen) atoms. The van der Waals surface area contributed by atoms with Gasteiger partial charge in [0.15, 0.2) is 0 Å². The van der Waals surface area contributed by atoms with Crippen molar-refractivity contribution in [3.63, 3.8) is 0 Å². The van der Waals surface area contributed by atoms with Crippen LogP contribution in [-0.2, 0) is 18.9 Å². The number of carbonyl (C=O) groups excluding carboxylic acids is 1. The number of halogens is 9. The summed E-state index contributed by atoms with van der Waals surface area (Å²) in [7, 11) is 1.32. The van der Waals surface area contributed by atoms with Crippen molar-refractivity contribution < 1.29 is 31.1 Å². The summed E-state index contributed by atoms with van der Waals surface area (Å²) in [6.07, 6.45) is -9.93. The Morgan fingerprint density at radius 2 is 1.65 bits per heavy atom. The van der Waals surface area contributed by atoms with E-state index in [0.29, 0.717) is 40.8 Å². The lowest BCUT2D eigenvalue weighted by atomic mass is 10.0. The van der Waals surface area contributed by atoms with Crippen LogP contribution in [0.25, 0.3) is 0 Å². The Balaban J connectivity index is 0.00000408. The maximum Gasteiger partial charge on any atom is 0.416 e. The summed E-state index contributed by atoms with van der Waals surface area (Å²) in [4.78, 5) is 15.7. The smallest absolute Gasteiger partial charge is 0.323 e. The molecule has 1 fully saturated rings. The molecular formula is C21H20Cl3F6N3O. The first-order valence-corrected chi connectivity index (χ1v) is 10.5. The summed E-state index contributed by atoms with van der Waals surface area (Å²) < 4.78 is 78.9. The Morgan fingerprint density at radius 1 is 1.06 bits per heavy atom. The Labute approximate surface area is 208 Å². The summed E-state index contributed by atoms with van der Waals surface area (Å²) in [5, 5.41) is 3.89. The van der Waals surface area contributed by atoms with Crippen molar-refractivity contribution >= 4 is 41.6 Å². The van der Waals surface area contributed by atoms with Crippen LogP contribution in [0.1, 0.15) is 28.3 Å². The summed E-state index contributed by atoms with van der Waals surface area (Å²) in [6.45, 7) is 0.645. The maximum atomic E-state index is 13.1. The second-order valence-electron chi connectivity index (χ2n) is 7.63. The van der Waals surface area contributed by atoms with Crippen LogP contribution < -0.4 is 5.32 Å². The largest absolute Gasteiger partial charge is 0.416 e. The van der Waals surface area contributed by atoms with Crippen LogP contribution in [0.15, 0.2) is 36.4 Å². The standard InChI is InChI=1S/C21H19Cl2F6N3O.ClH/c1-31(11-12-6-13(20(24,25)26)8-14(7-12)21(27,28)29)19(33)32-5-4-30-10-18(32)16-3-2-15(22)9-17(16)23;/h2-3,6-9,18,30H,4-5,10-11H2,1H3;1H. The fourth-order valence-corrected chi connectivity index (χ4v) is 4.19. The van der Waals surface area contributed by atoms with E-state index in [2.05, 4.69) is 5.32 Å². The van der Waals surface area contributed by atoms with Crippen LogP contribution in [0, 0.1) is 0 Å². The van der Waals surface area contributed by atoms with Crippen LogP contribution in [0.5, 0.6) is 0 Å². The van der Waals surface area contributed by atoms with Crippen LogP contribution in [0.4, 0.5) is 31.1 Å². The number of nitrogens with one attached hydrogen (secondary N) is 1. The SMILES string of the molecule is CN(Cc1cc(C(F)(F)F)cc(C(F)(F)F)c1)C(=O)N1CCNCC1c1ccc(Cl)cc1Cl.Cl. The van der Waals surface area contributed by atoms with E-state index >= 15 is 0 Å². The molecule has 0 aromatic heterocycles. The van der Waals surface area contributed by atoms with E-state index in [-0.39, 0.29) is 30.6 Å². The first-order valence-electron chi connectivity index (χ1n) is 9.73. The molecule has 0 saturated carbocycles. The average Bonchev–Trinajstić information content (AvgIpc) is 2.72. The van der Waals surface area contributed by atoms with Crippen molar-refractivity contribution in [3.05, 3.63) is 68.7 Å². The van der Waals surface area contributed by atoms with Gasteiger partial charge in [0.25, 0.3) is 0 Å². The third kappa shape index (κ3) is 6.62. The lowest BCUT2D eigenvalue weighted by molar-refractivity contribution is -0.143. The molecule has 1 aliphatic rings. The van der Waals surface area contributed by atoms with E-state index in [1.807, 2.05) is 0 Å². The lowest BCUT2D eigenvalue weighted by Crippen LogP contribution is -2.52. The molecule has 3 rings (SSSR count). The van der Waals surface area contributed by atoms with Gasteiger partial charge in [-0.3, -0.25) is 0 Å². The second-order valence-corrected chi connectivity index (χ2v) is 8.48. The number of hydrogen-bond acceptors (Lipinski definition) is 2. The number of amides is 2. The number of alkyl halides is 6. The fourth-order valence-electron chi connectivity index (χ4n) is 3.65. The topological polar surface area (TPSA) is 35.6 Å². The van der Waals surface area contributed by atoms with Gasteiger partial charge in [0.1, 0.15) is 0 Å². The molecule has 2 aromatic rings. The quantitative estimate of drug-likeness (QED) is 0.434. The highest BCUT2D eigenvalue weighted by molar-refractivity contribution is 6.35. The highest BCUT2D eigenvalue weighted by Gasteiger charge is 2.37. The lowest BCUT2D eigenvalue weighted by Gasteiger charge is -2.39. The Kier molecular flexibility index (Phi) is 9.01. The minimum absolute atomic E-state index is 0. The number of nitrogens with zero attached hydrogens (tertiary/aromatic N) is 2. The number of piperazine rings is 1. The average molecular weight is 551 g/mol. The van der Waals surface area contributed by atoms with Gasteiger partial charge >= 0.3 is 18.4 Å². The molecule has 0 aliphatic carbocycles. The van der Waals surface area contributed by atoms with Gasteiger partial charge in [-0.05, 0) is 41.5 Å². The molecule has 1 N–H and O–H groups in total. The normalized spacial score (nSPS) is 16.7. The maximum absolute atomic E-state index is 13.1. The van der Waals surface area contributed by atoms with Gasteiger partial charge in [-0.15, -0.1) is 12.4 Å². The summed E-state index contributed by atoms with van der Waals surface area (Å²) in [5.41, 5.74) is -2.53. The molecule has 0 radical (unpaired) electrons. The molecule has 1 saturated heterocycles. The van der Waals surface area contributed by atoms with Crippen molar-refractivity contribution in [2.75, 3.05) is 26.7 Å². The van der Waals surface area contributed by atoms with E-state index < -0.39 is 42.1 Å². The van der Waals surface area contributed by atoms with Crippen LogP contribution in [-0.4, -0.2) is 42.5 Å². The predicted molar refractivity (Wildman–Crippen MR) is 119 cm³/mol. The fraction of sp³-hybridized carbons (Fsp3) is 0.381. The second kappa shape index (κ2) is 10.8. The molecule has 0 bridgehead atoms. The van der Waals surface area contributed by atoms with Gasteiger partial charge in [-0.2, -0.15) is 26.3 Å². The summed E-state index contributed by atoms with van der Waals surface area (Å²) in [6, 6.07) is 5.05. The van der Waals surface area contributed by atoms with Crippen molar-refractivity contribution in [2.45, 2.75) is 24.9 Å².